The standard InChI is InChI=1S/C24H25N3O5S/c1-16-13-17(27(30)31)9-10-18(16)25-21(28)15-32-23(29)24(11-5-2-6-12-24)14-22-26-19-7-3-4-8-20(19)33-22/h3-4,7-10,13H,2,5-6,11-12,14-15H2,1H3,(H,25,28). The Balaban J connectivity index is 1.42. The minimum atomic E-state index is -0.671. The van der Waals surface area contributed by atoms with Gasteiger partial charge in [-0.05, 0) is 43.5 Å². The molecule has 1 fully saturated rings. The summed E-state index contributed by atoms with van der Waals surface area (Å²) < 4.78 is 6.57. The van der Waals surface area contributed by atoms with Crippen molar-refractivity contribution in [1.82, 2.24) is 4.98 Å². The summed E-state index contributed by atoms with van der Waals surface area (Å²) in [6, 6.07) is 12.1. The van der Waals surface area contributed by atoms with Crippen molar-refractivity contribution in [2.75, 3.05) is 11.9 Å². The van der Waals surface area contributed by atoms with Crippen molar-refractivity contribution in [3.05, 3.63) is 63.1 Å². The number of nitro groups is 1. The van der Waals surface area contributed by atoms with Gasteiger partial charge in [-0.25, -0.2) is 4.98 Å². The van der Waals surface area contributed by atoms with E-state index in [1.54, 1.807) is 18.3 Å². The minimum Gasteiger partial charge on any atom is -0.455 e. The van der Waals surface area contributed by atoms with E-state index in [2.05, 4.69) is 5.32 Å². The van der Waals surface area contributed by atoms with E-state index in [4.69, 9.17) is 9.72 Å². The highest BCUT2D eigenvalue weighted by molar-refractivity contribution is 7.18. The van der Waals surface area contributed by atoms with E-state index >= 15 is 0 Å². The van der Waals surface area contributed by atoms with Crippen LogP contribution in [0.1, 0.15) is 42.7 Å². The minimum absolute atomic E-state index is 0.0500. The molecule has 1 heterocycles. The maximum absolute atomic E-state index is 13.2. The number of amides is 1. The fourth-order valence-corrected chi connectivity index (χ4v) is 5.45. The first-order valence-corrected chi connectivity index (χ1v) is 11.7. The van der Waals surface area contributed by atoms with Gasteiger partial charge in [-0.15, -0.1) is 11.3 Å². The van der Waals surface area contributed by atoms with Gasteiger partial charge in [0.15, 0.2) is 6.61 Å². The number of fused-ring (bicyclic) bond motifs is 1. The molecule has 0 unspecified atom stereocenters. The molecule has 0 atom stereocenters. The Labute approximate surface area is 195 Å². The molecule has 0 aliphatic heterocycles. The molecule has 0 bridgehead atoms. The number of para-hydroxylation sites is 1. The molecule has 8 nitrogen and oxygen atoms in total. The van der Waals surface area contributed by atoms with E-state index in [9.17, 15) is 19.7 Å². The molecule has 172 valence electrons. The van der Waals surface area contributed by atoms with Gasteiger partial charge in [0.2, 0.25) is 0 Å². The van der Waals surface area contributed by atoms with E-state index in [-0.39, 0.29) is 11.7 Å². The summed E-state index contributed by atoms with van der Waals surface area (Å²) in [5.74, 6) is -0.844. The Bertz CT molecular complexity index is 1170. The van der Waals surface area contributed by atoms with Crippen molar-refractivity contribution in [3.63, 3.8) is 0 Å². The topological polar surface area (TPSA) is 111 Å². The molecule has 2 aromatic carbocycles. The average Bonchev–Trinajstić information content (AvgIpc) is 3.21. The van der Waals surface area contributed by atoms with Crippen molar-refractivity contribution < 1.29 is 19.2 Å². The Hall–Kier alpha value is -3.33. The molecule has 9 heteroatoms. The van der Waals surface area contributed by atoms with E-state index < -0.39 is 22.9 Å². The maximum atomic E-state index is 13.2. The molecule has 1 amide bonds. The first kappa shape index (κ1) is 22.8. The fraction of sp³-hybridized carbons (Fsp3) is 0.375. The van der Waals surface area contributed by atoms with Crippen LogP contribution >= 0.6 is 11.3 Å². The van der Waals surface area contributed by atoms with Gasteiger partial charge in [0.1, 0.15) is 0 Å². The molecule has 0 saturated heterocycles. The van der Waals surface area contributed by atoms with Crippen LogP contribution in [0.2, 0.25) is 0 Å². The average molecular weight is 468 g/mol. The number of nitrogens with one attached hydrogen (secondary N) is 1. The van der Waals surface area contributed by atoms with Gasteiger partial charge in [-0.2, -0.15) is 0 Å². The van der Waals surface area contributed by atoms with Crippen molar-refractivity contribution in [1.29, 1.82) is 0 Å². The Kier molecular flexibility index (Phi) is 6.69. The monoisotopic (exact) mass is 467 g/mol. The highest BCUT2D eigenvalue weighted by Crippen LogP contribution is 2.41. The van der Waals surface area contributed by atoms with Gasteiger partial charge < -0.3 is 10.1 Å². The van der Waals surface area contributed by atoms with Crippen LogP contribution in [0.3, 0.4) is 0 Å². The third-order valence-electron chi connectivity index (χ3n) is 6.10. The number of non-ortho nitro benzene ring substituents is 1. The maximum Gasteiger partial charge on any atom is 0.313 e. The Morgan fingerprint density at radius 3 is 2.64 bits per heavy atom. The van der Waals surface area contributed by atoms with Crippen LogP contribution in [0.5, 0.6) is 0 Å². The van der Waals surface area contributed by atoms with E-state index in [0.29, 0.717) is 30.5 Å². The number of aryl methyl sites for hydroxylation is 1. The molecule has 3 aromatic rings. The number of esters is 1. The number of ether oxygens (including phenoxy) is 1. The number of hydrogen-bond acceptors (Lipinski definition) is 7. The van der Waals surface area contributed by atoms with Crippen LogP contribution in [0.25, 0.3) is 10.2 Å². The molecular weight excluding hydrogens is 442 g/mol. The molecule has 0 spiro atoms. The number of carbonyl (C=O) groups is 2. The van der Waals surface area contributed by atoms with Gasteiger partial charge in [0.25, 0.3) is 11.6 Å². The summed E-state index contributed by atoms with van der Waals surface area (Å²) in [4.78, 5) is 40.7. The first-order chi connectivity index (χ1) is 15.9. The smallest absolute Gasteiger partial charge is 0.313 e. The SMILES string of the molecule is Cc1cc([N+](=O)[O-])ccc1NC(=O)COC(=O)C1(Cc2nc3ccccc3s2)CCCCC1. The number of anilines is 1. The highest BCUT2D eigenvalue weighted by Gasteiger charge is 2.42. The summed E-state index contributed by atoms with van der Waals surface area (Å²) in [5.41, 5.74) is 1.21. The quantitative estimate of drug-likeness (QED) is 0.291. The van der Waals surface area contributed by atoms with E-state index in [1.807, 2.05) is 24.3 Å². The molecule has 1 aliphatic carbocycles. The zero-order valence-corrected chi connectivity index (χ0v) is 19.2. The van der Waals surface area contributed by atoms with Crippen LogP contribution in [-0.2, 0) is 20.7 Å². The predicted octanol–water partition coefficient (Wildman–Crippen LogP) is 5.19. The van der Waals surface area contributed by atoms with Gasteiger partial charge in [0.05, 0.1) is 25.6 Å². The first-order valence-electron chi connectivity index (χ1n) is 10.9. The van der Waals surface area contributed by atoms with Gasteiger partial charge in [-0.1, -0.05) is 31.4 Å². The molecule has 1 saturated carbocycles. The van der Waals surface area contributed by atoms with Crippen LogP contribution in [0.4, 0.5) is 11.4 Å². The summed E-state index contributed by atoms with van der Waals surface area (Å²) in [5, 5.41) is 14.5. The zero-order valence-electron chi connectivity index (χ0n) is 18.3. The van der Waals surface area contributed by atoms with Gasteiger partial charge in [-0.3, -0.25) is 19.7 Å². The summed E-state index contributed by atoms with van der Waals surface area (Å²) in [6.07, 6.45) is 4.89. The van der Waals surface area contributed by atoms with Crippen LogP contribution < -0.4 is 5.32 Å². The van der Waals surface area contributed by atoms with Crippen molar-refractivity contribution >= 4 is 44.8 Å². The highest BCUT2D eigenvalue weighted by atomic mass is 32.1. The van der Waals surface area contributed by atoms with E-state index in [1.165, 1.54) is 18.2 Å². The number of carbonyl (C=O) groups excluding carboxylic acids is 2. The summed E-state index contributed by atoms with van der Waals surface area (Å²) >= 11 is 1.59. The number of nitro benzene ring substituents is 1. The van der Waals surface area contributed by atoms with Crippen molar-refractivity contribution in [2.45, 2.75) is 45.4 Å². The normalized spacial score (nSPS) is 15.2. The zero-order chi connectivity index (χ0) is 23.4. The largest absolute Gasteiger partial charge is 0.455 e. The van der Waals surface area contributed by atoms with E-state index in [0.717, 1.165) is 34.5 Å². The second-order valence-corrected chi connectivity index (χ2v) is 9.59. The number of thiazole rings is 1. The lowest BCUT2D eigenvalue weighted by Gasteiger charge is -2.34. The van der Waals surface area contributed by atoms with Gasteiger partial charge in [0, 0.05) is 24.2 Å². The number of benzene rings is 2. The van der Waals surface area contributed by atoms with Crippen molar-refractivity contribution in [2.24, 2.45) is 5.41 Å². The fourth-order valence-electron chi connectivity index (χ4n) is 4.34. The Morgan fingerprint density at radius 1 is 1.18 bits per heavy atom. The van der Waals surface area contributed by atoms with Gasteiger partial charge >= 0.3 is 5.97 Å². The lowest BCUT2D eigenvalue weighted by Crippen LogP contribution is -2.38. The molecule has 1 aromatic heterocycles. The number of hydrogen-bond donors (Lipinski definition) is 1. The molecule has 4 rings (SSSR count). The van der Waals surface area contributed by atoms with Crippen LogP contribution in [-0.4, -0.2) is 28.4 Å². The van der Waals surface area contributed by atoms with Crippen molar-refractivity contribution in [3.8, 4) is 0 Å². The second-order valence-electron chi connectivity index (χ2n) is 8.47. The number of nitrogens with zero attached hydrogens (tertiary/aromatic N) is 2. The number of aromatic nitrogens is 1. The summed E-state index contributed by atoms with van der Waals surface area (Å²) in [7, 11) is 0. The van der Waals surface area contributed by atoms with Crippen LogP contribution in [0.15, 0.2) is 42.5 Å². The predicted molar refractivity (Wildman–Crippen MR) is 126 cm³/mol. The third-order valence-corrected chi connectivity index (χ3v) is 7.14. The summed E-state index contributed by atoms with van der Waals surface area (Å²) in [6.45, 7) is 1.26. The lowest BCUT2D eigenvalue weighted by atomic mass is 9.72. The molecular formula is C24H25N3O5S. The second kappa shape index (κ2) is 9.66. The molecule has 33 heavy (non-hydrogen) atoms. The number of rotatable bonds is 7. The molecule has 1 aliphatic rings. The molecule has 1 N–H and O–H groups in total. The third kappa shape index (κ3) is 5.19. The van der Waals surface area contributed by atoms with Crippen LogP contribution in [0, 0.1) is 22.5 Å². The Morgan fingerprint density at radius 2 is 1.94 bits per heavy atom. The lowest BCUT2D eigenvalue weighted by molar-refractivity contribution is -0.384. The molecule has 0 radical (unpaired) electrons.